The third-order valence-corrected chi connectivity index (χ3v) is 6.04. The van der Waals surface area contributed by atoms with Gasteiger partial charge < -0.3 is 5.32 Å². The van der Waals surface area contributed by atoms with E-state index in [0.29, 0.717) is 6.54 Å². The van der Waals surface area contributed by atoms with Crippen LogP contribution in [0.1, 0.15) is 17.4 Å². The Bertz CT molecular complexity index is 931. The minimum atomic E-state index is -0.0680. The van der Waals surface area contributed by atoms with Crippen molar-refractivity contribution < 1.29 is 4.79 Å². The Labute approximate surface area is 167 Å². The Kier molecular flexibility index (Phi) is 6.47. The SMILES string of the molecule is C=CCn1c(SCC(=O)Nc2ccccc2)nnc1-c1csc(C)c1CC. The second kappa shape index (κ2) is 9.01. The number of benzene rings is 1. The number of nitrogens with one attached hydrogen (secondary N) is 1. The number of para-hydroxylation sites is 1. The number of thioether (sulfide) groups is 1. The molecule has 0 spiro atoms. The quantitative estimate of drug-likeness (QED) is 0.438. The van der Waals surface area contributed by atoms with Crippen LogP contribution in [-0.4, -0.2) is 26.4 Å². The topological polar surface area (TPSA) is 59.8 Å². The third kappa shape index (κ3) is 4.48. The first-order valence-corrected chi connectivity index (χ1v) is 10.6. The van der Waals surface area contributed by atoms with Crippen LogP contribution in [0.15, 0.2) is 53.5 Å². The lowest BCUT2D eigenvalue weighted by Gasteiger charge is -2.09. The van der Waals surface area contributed by atoms with Crippen LogP contribution < -0.4 is 5.32 Å². The molecule has 1 amide bonds. The summed E-state index contributed by atoms with van der Waals surface area (Å²) in [5.74, 6) is 1.04. The number of aromatic nitrogens is 3. The number of carbonyl (C=O) groups excluding carboxylic acids is 1. The molecule has 3 aromatic rings. The fourth-order valence-electron chi connectivity index (χ4n) is 2.84. The normalized spacial score (nSPS) is 10.7. The number of rotatable bonds is 8. The molecule has 1 aromatic carbocycles. The fraction of sp³-hybridized carbons (Fsp3) is 0.250. The number of carbonyl (C=O) groups is 1. The van der Waals surface area contributed by atoms with E-state index >= 15 is 0 Å². The molecule has 0 saturated heterocycles. The molecule has 0 atom stereocenters. The maximum Gasteiger partial charge on any atom is 0.234 e. The van der Waals surface area contributed by atoms with E-state index in [2.05, 4.69) is 41.3 Å². The summed E-state index contributed by atoms with van der Waals surface area (Å²) in [6.07, 6.45) is 2.78. The summed E-state index contributed by atoms with van der Waals surface area (Å²) in [5.41, 5.74) is 3.21. The molecule has 0 saturated carbocycles. The highest BCUT2D eigenvalue weighted by Gasteiger charge is 2.19. The van der Waals surface area contributed by atoms with Crippen molar-refractivity contribution in [1.29, 1.82) is 0 Å². The van der Waals surface area contributed by atoms with E-state index in [4.69, 9.17) is 0 Å². The maximum atomic E-state index is 12.2. The second-order valence-corrected chi connectivity index (χ2v) is 7.97. The van der Waals surface area contributed by atoms with Gasteiger partial charge in [-0.3, -0.25) is 9.36 Å². The van der Waals surface area contributed by atoms with Crippen LogP contribution in [0.3, 0.4) is 0 Å². The Hall–Kier alpha value is -2.38. The highest BCUT2D eigenvalue weighted by Crippen LogP contribution is 2.32. The molecule has 0 fully saturated rings. The van der Waals surface area contributed by atoms with E-state index in [1.165, 1.54) is 22.2 Å². The van der Waals surface area contributed by atoms with E-state index in [1.807, 2.05) is 41.0 Å². The summed E-state index contributed by atoms with van der Waals surface area (Å²) in [4.78, 5) is 13.5. The first-order chi connectivity index (χ1) is 13.1. The first-order valence-electron chi connectivity index (χ1n) is 8.73. The summed E-state index contributed by atoms with van der Waals surface area (Å²) in [5, 5.41) is 14.5. The Balaban J connectivity index is 1.77. The van der Waals surface area contributed by atoms with E-state index in [9.17, 15) is 4.79 Å². The van der Waals surface area contributed by atoms with Gasteiger partial charge in [-0.25, -0.2) is 0 Å². The van der Waals surface area contributed by atoms with E-state index in [-0.39, 0.29) is 11.7 Å². The monoisotopic (exact) mass is 398 g/mol. The summed E-state index contributed by atoms with van der Waals surface area (Å²) in [7, 11) is 0. The van der Waals surface area contributed by atoms with Crippen molar-refractivity contribution in [1.82, 2.24) is 14.8 Å². The number of nitrogens with zero attached hydrogens (tertiary/aromatic N) is 3. The van der Waals surface area contributed by atoms with Crippen LogP contribution in [0.25, 0.3) is 11.4 Å². The average Bonchev–Trinajstić information content (AvgIpc) is 3.24. The van der Waals surface area contributed by atoms with Crippen molar-refractivity contribution >= 4 is 34.7 Å². The molecule has 0 aliphatic carbocycles. The minimum absolute atomic E-state index is 0.0680. The van der Waals surface area contributed by atoms with Crippen molar-refractivity contribution in [3.05, 3.63) is 58.8 Å². The van der Waals surface area contributed by atoms with Crippen molar-refractivity contribution in [2.75, 3.05) is 11.1 Å². The number of hydrogen-bond donors (Lipinski definition) is 1. The molecule has 1 N–H and O–H groups in total. The van der Waals surface area contributed by atoms with Crippen LogP contribution in [0.2, 0.25) is 0 Å². The van der Waals surface area contributed by atoms with E-state index < -0.39 is 0 Å². The Morgan fingerprint density at radius 2 is 2.11 bits per heavy atom. The molecule has 0 aliphatic rings. The van der Waals surface area contributed by atoms with Gasteiger partial charge in [-0.15, -0.1) is 28.1 Å². The average molecular weight is 399 g/mol. The first kappa shape index (κ1) is 19.4. The van der Waals surface area contributed by atoms with Crippen LogP contribution in [0.5, 0.6) is 0 Å². The summed E-state index contributed by atoms with van der Waals surface area (Å²) >= 11 is 3.11. The Morgan fingerprint density at radius 1 is 1.33 bits per heavy atom. The Morgan fingerprint density at radius 3 is 2.81 bits per heavy atom. The summed E-state index contributed by atoms with van der Waals surface area (Å²) in [6, 6.07) is 9.44. The fourth-order valence-corrected chi connectivity index (χ4v) is 4.53. The van der Waals surface area contributed by atoms with Crippen LogP contribution in [0.4, 0.5) is 5.69 Å². The molecule has 140 valence electrons. The lowest BCUT2D eigenvalue weighted by molar-refractivity contribution is -0.113. The standard InChI is InChI=1S/C20H22N4OS2/c1-4-11-24-19(17-12-26-14(3)16(17)5-2)22-23-20(24)27-13-18(25)21-15-9-7-6-8-10-15/h4,6-10,12H,1,5,11,13H2,2-3H3,(H,21,25). The van der Waals surface area contributed by atoms with Crippen LogP contribution >= 0.6 is 23.1 Å². The number of anilines is 1. The van der Waals surface area contributed by atoms with Gasteiger partial charge in [0.1, 0.15) is 0 Å². The predicted molar refractivity (Wildman–Crippen MR) is 113 cm³/mol. The summed E-state index contributed by atoms with van der Waals surface area (Å²) < 4.78 is 2.02. The molecule has 0 bridgehead atoms. The van der Waals surface area contributed by atoms with Gasteiger partial charge in [0.2, 0.25) is 5.91 Å². The number of allylic oxidation sites excluding steroid dienone is 1. The van der Waals surface area contributed by atoms with E-state index in [1.54, 1.807) is 11.3 Å². The minimum Gasteiger partial charge on any atom is -0.325 e. The molecular formula is C20H22N4OS2. The van der Waals surface area contributed by atoms with Crippen molar-refractivity contribution in [3.63, 3.8) is 0 Å². The molecule has 0 unspecified atom stereocenters. The lowest BCUT2D eigenvalue weighted by Crippen LogP contribution is -2.14. The third-order valence-electron chi connectivity index (χ3n) is 4.12. The van der Waals surface area contributed by atoms with Gasteiger partial charge in [0, 0.05) is 28.1 Å². The molecule has 27 heavy (non-hydrogen) atoms. The number of aryl methyl sites for hydroxylation is 1. The molecule has 5 nitrogen and oxygen atoms in total. The number of amides is 1. The number of hydrogen-bond acceptors (Lipinski definition) is 5. The zero-order valence-electron chi connectivity index (χ0n) is 15.4. The van der Waals surface area contributed by atoms with E-state index in [0.717, 1.165) is 28.7 Å². The van der Waals surface area contributed by atoms with Gasteiger partial charge >= 0.3 is 0 Å². The van der Waals surface area contributed by atoms with Gasteiger partial charge in [0.15, 0.2) is 11.0 Å². The highest BCUT2D eigenvalue weighted by molar-refractivity contribution is 7.99. The second-order valence-electron chi connectivity index (χ2n) is 5.95. The van der Waals surface area contributed by atoms with Crippen molar-refractivity contribution in [2.24, 2.45) is 0 Å². The zero-order chi connectivity index (χ0) is 19.2. The predicted octanol–water partition coefficient (Wildman–Crippen LogP) is 4.79. The van der Waals surface area contributed by atoms with Gasteiger partial charge in [-0.05, 0) is 31.0 Å². The van der Waals surface area contributed by atoms with Crippen molar-refractivity contribution in [2.45, 2.75) is 32.0 Å². The van der Waals surface area contributed by atoms with Crippen LogP contribution in [0, 0.1) is 6.92 Å². The van der Waals surface area contributed by atoms with Gasteiger partial charge in [0.05, 0.1) is 5.75 Å². The maximum absolute atomic E-state index is 12.2. The molecule has 2 heterocycles. The van der Waals surface area contributed by atoms with Crippen molar-refractivity contribution in [3.8, 4) is 11.4 Å². The zero-order valence-corrected chi connectivity index (χ0v) is 17.1. The smallest absolute Gasteiger partial charge is 0.234 e. The lowest BCUT2D eigenvalue weighted by atomic mass is 10.1. The number of thiophene rings is 1. The largest absolute Gasteiger partial charge is 0.325 e. The van der Waals surface area contributed by atoms with Gasteiger partial charge in [0.25, 0.3) is 0 Å². The molecular weight excluding hydrogens is 376 g/mol. The molecule has 7 heteroatoms. The molecule has 0 aliphatic heterocycles. The highest BCUT2D eigenvalue weighted by atomic mass is 32.2. The summed E-state index contributed by atoms with van der Waals surface area (Å²) in [6.45, 7) is 8.73. The molecule has 0 radical (unpaired) electrons. The van der Waals surface area contributed by atoms with Gasteiger partial charge in [-0.2, -0.15) is 0 Å². The van der Waals surface area contributed by atoms with Crippen LogP contribution in [-0.2, 0) is 17.8 Å². The molecule has 2 aromatic heterocycles. The molecule has 3 rings (SSSR count). The van der Waals surface area contributed by atoms with Gasteiger partial charge in [-0.1, -0.05) is 43.0 Å².